The zero-order valence-electron chi connectivity index (χ0n) is 18.6. The Morgan fingerprint density at radius 2 is 1.75 bits per heavy atom. The molecule has 2 aromatic carbocycles. The summed E-state index contributed by atoms with van der Waals surface area (Å²) < 4.78 is 8.81. The van der Waals surface area contributed by atoms with Crippen LogP contribution in [0.4, 0.5) is 11.4 Å². The topological polar surface area (TPSA) is 37.7 Å². The molecule has 3 heterocycles. The van der Waals surface area contributed by atoms with Gasteiger partial charge in [0.2, 0.25) is 0 Å². The molecular weight excluding hydrogens is 466 g/mol. The van der Waals surface area contributed by atoms with Crippen LogP contribution in [0.2, 0.25) is 0 Å². The molecule has 2 aliphatic rings. The predicted octanol–water partition coefficient (Wildman–Crippen LogP) is 5.21. The fourth-order valence-corrected chi connectivity index (χ4v) is 5.34. The van der Waals surface area contributed by atoms with Gasteiger partial charge >= 0.3 is 0 Å². The third-order valence-corrected chi connectivity index (χ3v) is 7.04. The van der Waals surface area contributed by atoms with Crippen LogP contribution in [0.1, 0.15) is 22.5 Å². The Morgan fingerprint density at radius 3 is 2.50 bits per heavy atom. The molecule has 164 valence electrons. The Balaban J connectivity index is 1.52. The molecule has 0 atom stereocenters. The average molecular weight is 492 g/mol. The number of rotatable bonds is 3. The Labute approximate surface area is 197 Å². The normalized spacial score (nSPS) is 17.4. The lowest BCUT2D eigenvalue weighted by molar-refractivity contribution is -0.112. The van der Waals surface area contributed by atoms with E-state index in [0.717, 1.165) is 70.2 Å². The second-order valence-electron chi connectivity index (χ2n) is 8.34. The van der Waals surface area contributed by atoms with E-state index in [4.69, 9.17) is 4.74 Å². The van der Waals surface area contributed by atoms with Crippen LogP contribution in [0, 0.1) is 13.8 Å². The number of carbonyl (C=O) groups excluding carboxylic acids is 1. The molecule has 0 bridgehead atoms. The third kappa shape index (κ3) is 3.48. The summed E-state index contributed by atoms with van der Waals surface area (Å²) in [5.41, 5.74) is 8.29. The smallest absolute Gasteiger partial charge is 0.258 e. The number of benzene rings is 2. The second-order valence-corrected chi connectivity index (χ2v) is 9.19. The molecule has 0 spiro atoms. The van der Waals surface area contributed by atoms with Crippen molar-refractivity contribution in [2.24, 2.45) is 0 Å². The lowest BCUT2D eigenvalue weighted by atomic mass is 10.0. The highest BCUT2D eigenvalue weighted by atomic mass is 79.9. The van der Waals surface area contributed by atoms with E-state index in [0.29, 0.717) is 0 Å². The monoisotopic (exact) mass is 491 g/mol. The molecule has 0 saturated carbocycles. The molecule has 0 radical (unpaired) electrons. The molecule has 2 aliphatic heterocycles. The lowest BCUT2D eigenvalue weighted by Gasteiger charge is -2.30. The minimum Gasteiger partial charge on any atom is -0.378 e. The van der Waals surface area contributed by atoms with Gasteiger partial charge in [0.05, 0.1) is 24.6 Å². The molecule has 3 aromatic rings. The number of carbonyl (C=O) groups is 1. The molecule has 6 heteroatoms. The number of anilines is 2. The number of aromatic nitrogens is 1. The van der Waals surface area contributed by atoms with Crippen molar-refractivity contribution >= 4 is 44.9 Å². The van der Waals surface area contributed by atoms with Crippen molar-refractivity contribution in [3.63, 3.8) is 0 Å². The maximum absolute atomic E-state index is 12.9. The van der Waals surface area contributed by atoms with Crippen molar-refractivity contribution < 1.29 is 9.53 Å². The van der Waals surface area contributed by atoms with Gasteiger partial charge in [-0.25, -0.2) is 0 Å². The molecule has 5 rings (SSSR count). The second kappa shape index (κ2) is 8.26. The highest BCUT2D eigenvalue weighted by Crippen LogP contribution is 2.38. The first-order chi connectivity index (χ1) is 15.5. The number of para-hydroxylation sites is 1. The summed E-state index contributed by atoms with van der Waals surface area (Å²) in [5.74, 6) is 0.0358. The van der Waals surface area contributed by atoms with Crippen LogP contribution in [-0.2, 0) is 9.53 Å². The van der Waals surface area contributed by atoms with Gasteiger partial charge in [0, 0.05) is 52.8 Å². The first-order valence-corrected chi connectivity index (χ1v) is 11.7. The molecule has 32 heavy (non-hydrogen) atoms. The third-order valence-electron chi connectivity index (χ3n) is 6.40. The van der Waals surface area contributed by atoms with Crippen LogP contribution in [0.25, 0.3) is 17.3 Å². The fourth-order valence-electron chi connectivity index (χ4n) is 4.72. The molecule has 0 unspecified atom stereocenters. The van der Waals surface area contributed by atoms with Crippen LogP contribution in [0.3, 0.4) is 0 Å². The molecule has 1 aromatic heterocycles. The van der Waals surface area contributed by atoms with Gasteiger partial charge in [-0.05, 0) is 71.7 Å². The van der Waals surface area contributed by atoms with E-state index in [2.05, 4.69) is 63.5 Å². The largest absolute Gasteiger partial charge is 0.378 e. The summed E-state index contributed by atoms with van der Waals surface area (Å²) in [5, 5.41) is 0. The van der Waals surface area contributed by atoms with Crippen molar-refractivity contribution in [2.45, 2.75) is 13.8 Å². The predicted molar refractivity (Wildman–Crippen MR) is 134 cm³/mol. The number of halogens is 1. The Hall–Kier alpha value is -2.83. The quantitative estimate of drug-likeness (QED) is 0.472. The zero-order valence-corrected chi connectivity index (χ0v) is 20.1. The summed E-state index contributed by atoms with van der Waals surface area (Å²) in [7, 11) is 1.83. The van der Waals surface area contributed by atoms with Crippen molar-refractivity contribution in [2.75, 3.05) is 43.2 Å². The number of ether oxygens (including phenoxy) is 1. The summed E-state index contributed by atoms with van der Waals surface area (Å²) in [6.45, 7) is 7.55. The Kier molecular flexibility index (Phi) is 5.43. The Bertz CT molecular complexity index is 1240. The fraction of sp³-hybridized carbons (Fsp3) is 0.269. The zero-order chi connectivity index (χ0) is 22.4. The molecule has 0 aliphatic carbocycles. The summed E-state index contributed by atoms with van der Waals surface area (Å²) in [6, 6.07) is 16.6. The first-order valence-electron chi connectivity index (χ1n) is 10.9. The van der Waals surface area contributed by atoms with Gasteiger partial charge in [0.25, 0.3) is 5.91 Å². The molecule has 1 fully saturated rings. The van der Waals surface area contributed by atoms with Crippen molar-refractivity contribution in [1.29, 1.82) is 0 Å². The minimum atomic E-state index is 0.0358. The van der Waals surface area contributed by atoms with Crippen molar-refractivity contribution in [3.05, 3.63) is 75.5 Å². The van der Waals surface area contributed by atoms with Gasteiger partial charge in [0.15, 0.2) is 0 Å². The van der Waals surface area contributed by atoms with E-state index in [1.807, 2.05) is 37.4 Å². The highest BCUT2D eigenvalue weighted by molar-refractivity contribution is 9.10. The van der Waals surface area contributed by atoms with Gasteiger partial charge in [0.1, 0.15) is 0 Å². The van der Waals surface area contributed by atoms with Crippen molar-refractivity contribution in [1.82, 2.24) is 4.57 Å². The lowest BCUT2D eigenvalue weighted by Crippen LogP contribution is -2.36. The van der Waals surface area contributed by atoms with E-state index in [1.54, 1.807) is 4.90 Å². The van der Waals surface area contributed by atoms with E-state index in [1.165, 1.54) is 5.69 Å². The van der Waals surface area contributed by atoms with Gasteiger partial charge in [-0.15, -0.1) is 0 Å². The van der Waals surface area contributed by atoms with Gasteiger partial charge in [-0.2, -0.15) is 0 Å². The number of nitrogens with zero attached hydrogens (tertiary/aromatic N) is 3. The number of hydrogen-bond donors (Lipinski definition) is 0. The summed E-state index contributed by atoms with van der Waals surface area (Å²) >= 11 is 3.78. The minimum absolute atomic E-state index is 0.0358. The first kappa shape index (κ1) is 21.0. The van der Waals surface area contributed by atoms with Crippen molar-refractivity contribution in [3.8, 4) is 5.69 Å². The van der Waals surface area contributed by atoms with Gasteiger partial charge in [-0.1, -0.05) is 18.2 Å². The van der Waals surface area contributed by atoms with Crippen LogP contribution in [-0.4, -0.2) is 43.8 Å². The van der Waals surface area contributed by atoms with Gasteiger partial charge < -0.3 is 19.1 Å². The summed E-state index contributed by atoms with van der Waals surface area (Å²) in [4.78, 5) is 17.0. The SMILES string of the molecule is Cc1cc(/C=C2/C(=O)N(C)c3ccccc32)c(C)n1-c1ccc(N2CCOCC2)c(Br)c1. The molecule has 0 N–H and O–H groups in total. The number of amides is 1. The number of hydrogen-bond acceptors (Lipinski definition) is 3. The standard InChI is InChI=1S/C26H26BrN3O2/c1-17-14-19(15-22-21-6-4-5-7-24(21)28(3)26(22)31)18(2)30(17)20-8-9-25(23(27)16-20)29-10-12-32-13-11-29/h4-9,14-16H,10-13H2,1-3H3/b22-15+. The Morgan fingerprint density at radius 1 is 1.00 bits per heavy atom. The molecular formula is C26H26BrN3O2. The molecule has 5 nitrogen and oxygen atoms in total. The van der Waals surface area contributed by atoms with Crippen LogP contribution in [0.15, 0.2) is 53.0 Å². The van der Waals surface area contributed by atoms with E-state index < -0.39 is 0 Å². The number of fused-ring (bicyclic) bond motifs is 1. The number of likely N-dealkylation sites (N-methyl/N-ethyl adjacent to an activating group) is 1. The van der Waals surface area contributed by atoms with Crippen LogP contribution >= 0.6 is 15.9 Å². The van der Waals surface area contributed by atoms with E-state index in [9.17, 15) is 4.79 Å². The highest BCUT2D eigenvalue weighted by Gasteiger charge is 2.29. The number of morpholine rings is 1. The van der Waals surface area contributed by atoms with Crippen LogP contribution < -0.4 is 9.80 Å². The van der Waals surface area contributed by atoms with Crippen LogP contribution in [0.5, 0.6) is 0 Å². The maximum Gasteiger partial charge on any atom is 0.258 e. The maximum atomic E-state index is 12.9. The summed E-state index contributed by atoms with van der Waals surface area (Å²) in [6.07, 6.45) is 2.03. The molecule has 1 saturated heterocycles. The molecule has 1 amide bonds. The average Bonchev–Trinajstić information content (AvgIpc) is 3.22. The van der Waals surface area contributed by atoms with E-state index >= 15 is 0 Å². The van der Waals surface area contributed by atoms with E-state index in [-0.39, 0.29) is 5.91 Å². The van der Waals surface area contributed by atoms with Gasteiger partial charge in [-0.3, -0.25) is 4.79 Å². The number of aryl methyl sites for hydroxylation is 1.